The van der Waals surface area contributed by atoms with Crippen LogP contribution in [-0.4, -0.2) is 50.7 Å². The summed E-state index contributed by atoms with van der Waals surface area (Å²) in [6.07, 6.45) is 19.2. The molecule has 0 aliphatic heterocycles. The van der Waals surface area contributed by atoms with E-state index in [0.717, 1.165) is 19.3 Å². The number of hydrogen-bond donors (Lipinski definition) is 2. The van der Waals surface area contributed by atoms with E-state index >= 15 is 0 Å². The second-order valence-corrected chi connectivity index (χ2v) is 9.98. The Bertz CT molecular complexity index is 697. The zero-order valence-corrected chi connectivity index (χ0v) is 20.8. The van der Waals surface area contributed by atoms with E-state index in [4.69, 9.17) is 10.5 Å². The average molecular weight is 493 g/mol. The van der Waals surface area contributed by atoms with Crippen molar-refractivity contribution in [3.8, 4) is 0 Å². The summed E-state index contributed by atoms with van der Waals surface area (Å²) in [4.78, 5) is 20.0. The van der Waals surface area contributed by atoms with E-state index in [9.17, 15) is 13.2 Å². The number of unbranched alkanes of at least 4 members (excludes halogenated alkanes) is 14. The molecule has 1 aromatic carbocycles. The molecule has 8 heteroatoms. The van der Waals surface area contributed by atoms with Crippen molar-refractivity contribution in [2.75, 3.05) is 5.73 Å². The Balaban J connectivity index is 0. The van der Waals surface area contributed by atoms with Crippen molar-refractivity contribution >= 4 is 58.0 Å². The Morgan fingerprint density at radius 2 is 1.12 bits per heavy atom. The Hall–Kier alpha value is -0.890. The number of carbonyl (C=O) groups excluding carboxylic acids is 2. The van der Waals surface area contributed by atoms with Gasteiger partial charge < -0.3 is 10.5 Å². The number of amides is 1. The Morgan fingerprint density at radius 3 is 1.52 bits per heavy atom. The SMILES string of the molecule is C=O.CCCCCCCCCCCCCCCCCC(=O)NS(=O)(=O)c1ccc(N)cc1.[NaH]. The van der Waals surface area contributed by atoms with Crippen molar-refractivity contribution in [2.24, 2.45) is 0 Å². The maximum absolute atomic E-state index is 12.1. The van der Waals surface area contributed by atoms with Gasteiger partial charge in [-0.3, -0.25) is 4.79 Å². The average Bonchev–Trinajstić information content (AvgIpc) is 2.78. The van der Waals surface area contributed by atoms with Gasteiger partial charge in [0.1, 0.15) is 6.79 Å². The molecule has 33 heavy (non-hydrogen) atoms. The predicted octanol–water partition coefficient (Wildman–Crippen LogP) is 5.50. The number of benzene rings is 1. The van der Waals surface area contributed by atoms with Crippen LogP contribution in [0, 0.1) is 0 Å². The molecule has 3 N–H and O–H groups in total. The molecule has 0 radical (unpaired) electrons. The molecular formula is C25H45N2NaO4S. The quantitative estimate of drug-likeness (QED) is 0.160. The first-order valence-corrected chi connectivity index (χ1v) is 13.6. The molecule has 0 unspecified atom stereocenters. The van der Waals surface area contributed by atoms with Crippen molar-refractivity contribution in [2.45, 2.75) is 115 Å². The Kier molecular flexibility index (Phi) is 23.8. The van der Waals surface area contributed by atoms with Gasteiger partial charge >= 0.3 is 29.6 Å². The molecule has 6 nitrogen and oxygen atoms in total. The molecule has 0 aromatic heterocycles. The van der Waals surface area contributed by atoms with Gasteiger partial charge in [-0.25, -0.2) is 13.1 Å². The first kappa shape index (κ1) is 34.3. The molecule has 0 saturated carbocycles. The van der Waals surface area contributed by atoms with Crippen LogP contribution >= 0.6 is 0 Å². The molecule has 0 heterocycles. The molecular weight excluding hydrogens is 447 g/mol. The summed E-state index contributed by atoms with van der Waals surface area (Å²) in [5.74, 6) is -0.443. The number of anilines is 1. The van der Waals surface area contributed by atoms with Gasteiger partial charge in [0.25, 0.3) is 10.0 Å². The number of carbonyl (C=O) groups is 2. The summed E-state index contributed by atoms with van der Waals surface area (Å²) in [5.41, 5.74) is 6.04. The number of nitrogen functional groups attached to an aromatic ring is 1. The fourth-order valence-corrected chi connectivity index (χ4v) is 4.58. The van der Waals surface area contributed by atoms with Crippen LogP contribution < -0.4 is 10.5 Å². The van der Waals surface area contributed by atoms with E-state index in [2.05, 4.69) is 11.6 Å². The summed E-state index contributed by atoms with van der Waals surface area (Å²) >= 11 is 0. The molecule has 0 saturated heterocycles. The number of hydrogen-bond acceptors (Lipinski definition) is 5. The van der Waals surface area contributed by atoms with Crippen LogP contribution in [0.1, 0.15) is 110 Å². The van der Waals surface area contributed by atoms with Gasteiger partial charge in [0.2, 0.25) is 5.91 Å². The molecule has 1 rings (SSSR count). The van der Waals surface area contributed by atoms with Crippen LogP contribution in [0.3, 0.4) is 0 Å². The van der Waals surface area contributed by atoms with E-state index in [1.54, 1.807) is 0 Å². The van der Waals surface area contributed by atoms with Crippen LogP contribution in [0.4, 0.5) is 5.69 Å². The minimum absolute atomic E-state index is 0. The molecule has 0 bridgehead atoms. The summed E-state index contributed by atoms with van der Waals surface area (Å²) < 4.78 is 26.4. The molecule has 1 aromatic rings. The molecule has 0 aliphatic carbocycles. The fourth-order valence-electron chi connectivity index (χ4n) is 3.56. The number of rotatable bonds is 18. The van der Waals surface area contributed by atoms with E-state index in [-0.39, 0.29) is 40.9 Å². The second-order valence-electron chi connectivity index (χ2n) is 8.30. The summed E-state index contributed by atoms with van der Waals surface area (Å²) in [7, 11) is -3.80. The number of nitrogens with two attached hydrogens (primary N) is 1. The zero-order chi connectivity index (χ0) is 24.1. The molecule has 0 atom stereocenters. The third-order valence-electron chi connectivity index (χ3n) is 5.45. The summed E-state index contributed by atoms with van der Waals surface area (Å²) in [6, 6.07) is 5.82. The number of nitrogens with one attached hydrogen (secondary N) is 1. The van der Waals surface area contributed by atoms with E-state index < -0.39 is 15.9 Å². The van der Waals surface area contributed by atoms with Gasteiger partial charge in [-0.2, -0.15) is 0 Å². The van der Waals surface area contributed by atoms with Crippen molar-refractivity contribution in [1.29, 1.82) is 0 Å². The number of sulfonamides is 1. The van der Waals surface area contributed by atoms with Gasteiger partial charge in [0.05, 0.1) is 4.90 Å². The topological polar surface area (TPSA) is 106 Å². The zero-order valence-electron chi connectivity index (χ0n) is 19.9. The van der Waals surface area contributed by atoms with Gasteiger partial charge in [-0.15, -0.1) is 0 Å². The van der Waals surface area contributed by atoms with Gasteiger partial charge in [0.15, 0.2) is 0 Å². The van der Waals surface area contributed by atoms with Gasteiger partial charge in [0, 0.05) is 12.1 Å². The molecule has 186 valence electrons. The Morgan fingerprint density at radius 1 is 0.758 bits per heavy atom. The van der Waals surface area contributed by atoms with Gasteiger partial charge in [-0.1, -0.05) is 96.8 Å². The van der Waals surface area contributed by atoms with Gasteiger partial charge in [-0.05, 0) is 30.7 Å². The van der Waals surface area contributed by atoms with Crippen LogP contribution in [0.25, 0.3) is 0 Å². The summed E-state index contributed by atoms with van der Waals surface area (Å²) in [6.45, 7) is 4.26. The standard InChI is InChI=1S/C24H42N2O3S.CH2O.Na.H/c1-2-3-4-5-6-7-8-9-10-11-12-13-14-15-16-17-24(27)26-30(28,29)23-20-18-22(25)19-21-23;1-2;;/h18-21H,2-17,25H2,1H3,(H,26,27);1H2;;. The van der Waals surface area contributed by atoms with Crippen LogP contribution in [0.15, 0.2) is 29.2 Å². The van der Waals surface area contributed by atoms with Crippen LogP contribution in [0.2, 0.25) is 0 Å². The van der Waals surface area contributed by atoms with Crippen LogP contribution in [-0.2, 0) is 19.6 Å². The van der Waals surface area contributed by atoms with Crippen molar-refractivity contribution in [3.05, 3.63) is 24.3 Å². The van der Waals surface area contributed by atoms with Crippen molar-refractivity contribution < 1.29 is 18.0 Å². The summed E-state index contributed by atoms with van der Waals surface area (Å²) in [5, 5.41) is 0. The third kappa shape index (κ3) is 19.1. The molecule has 0 fully saturated rings. The fraction of sp³-hybridized carbons (Fsp3) is 0.680. The van der Waals surface area contributed by atoms with E-state index in [1.807, 2.05) is 6.79 Å². The predicted molar refractivity (Wildman–Crippen MR) is 140 cm³/mol. The van der Waals surface area contributed by atoms with E-state index in [0.29, 0.717) is 5.69 Å². The first-order chi connectivity index (χ1) is 15.5. The molecule has 0 aliphatic rings. The van der Waals surface area contributed by atoms with Crippen molar-refractivity contribution in [1.82, 2.24) is 4.72 Å². The van der Waals surface area contributed by atoms with Crippen molar-refractivity contribution in [3.63, 3.8) is 0 Å². The first-order valence-electron chi connectivity index (χ1n) is 12.2. The molecule has 1 amide bonds. The Labute approximate surface area is 224 Å². The van der Waals surface area contributed by atoms with Crippen LogP contribution in [0.5, 0.6) is 0 Å². The normalized spacial score (nSPS) is 10.6. The monoisotopic (exact) mass is 492 g/mol. The minimum atomic E-state index is -3.80. The maximum atomic E-state index is 12.1. The molecule has 0 spiro atoms. The van der Waals surface area contributed by atoms with E-state index in [1.165, 1.54) is 101 Å². The third-order valence-corrected chi connectivity index (χ3v) is 6.84. The second kappa shape index (κ2) is 22.9.